The fraction of sp³-hybridized carbons (Fsp3) is 0.0833. The average Bonchev–Trinajstić information content (AvgIpc) is 3.12. The van der Waals surface area contributed by atoms with Gasteiger partial charge in [0.25, 0.3) is 5.91 Å². The number of benzene rings is 3. The minimum absolute atomic E-state index is 0.216. The lowest BCUT2D eigenvalue weighted by atomic mass is 10.2. The Hall–Kier alpha value is -1.97. The van der Waals surface area contributed by atoms with Gasteiger partial charge in [0.05, 0.1) is 22.2 Å². The number of amidine groups is 1. The molecule has 4 rings (SSSR count). The molecule has 1 amide bonds. The van der Waals surface area contributed by atoms with Crippen molar-refractivity contribution in [1.29, 1.82) is 0 Å². The number of carbonyl (C=O) groups excluding carboxylic acids is 1. The van der Waals surface area contributed by atoms with Gasteiger partial charge in [-0.25, -0.2) is 4.99 Å². The molecule has 0 spiro atoms. The van der Waals surface area contributed by atoms with E-state index in [-0.39, 0.29) is 12.5 Å². The number of halogens is 4. The molecular formula is C24H16Br2Cl2N2O3S. The van der Waals surface area contributed by atoms with Gasteiger partial charge in [-0.1, -0.05) is 51.3 Å². The topological polar surface area (TPSA) is 59.9 Å². The van der Waals surface area contributed by atoms with Crippen LogP contribution in [0.1, 0.15) is 11.1 Å². The predicted molar refractivity (Wildman–Crippen MR) is 146 cm³/mol. The maximum atomic E-state index is 12.5. The molecule has 1 heterocycles. The minimum atomic E-state index is -0.216. The number of hydrogen-bond donors (Lipinski definition) is 1. The number of ether oxygens (including phenoxy) is 2. The van der Waals surface area contributed by atoms with E-state index in [2.05, 4.69) is 42.2 Å². The van der Waals surface area contributed by atoms with Gasteiger partial charge in [0.2, 0.25) is 0 Å². The van der Waals surface area contributed by atoms with E-state index in [0.29, 0.717) is 36.1 Å². The molecule has 1 aliphatic heterocycles. The molecule has 1 aliphatic rings. The zero-order valence-corrected chi connectivity index (χ0v) is 23.1. The first-order chi connectivity index (χ1) is 16.3. The maximum absolute atomic E-state index is 12.5. The fourth-order valence-electron chi connectivity index (χ4n) is 3.05. The Kier molecular flexibility index (Phi) is 8.26. The van der Waals surface area contributed by atoms with E-state index in [4.69, 9.17) is 32.7 Å². The first kappa shape index (κ1) is 25.1. The van der Waals surface area contributed by atoms with Gasteiger partial charge in [-0.05, 0) is 81.8 Å². The molecule has 0 atom stereocenters. The number of nitrogens with one attached hydrogen (secondary N) is 1. The Morgan fingerprint density at radius 1 is 1.12 bits per heavy atom. The Bertz CT molecular complexity index is 1330. The lowest BCUT2D eigenvalue weighted by molar-refractivity contribution is -0.115. The maximum Gasteiger partial charge on any atom is 0.264 e. The van der Waals surface area contributed by atoms with Gasteiger partial charge in [-0.3, -0.25) is 4.79 Å². The van der Waals surface area contributed by atoms with Crippen molar-refractivity contribution in [3.05, 3.63) is 89.6 Å². The van der Waals surface area contributed by atoms with Gasteiger partial charge in [0.1, 0.15) is 6.61 Å². The van der Waals surface area contributed by atoms with Crippen molar-refractivity contribution in [2.45, 2.75) is 6.61 Å². The van der Waals surface area contributed by atoms with E-state index in [1.54, 1.807) is 31.4 Å². The first-order valence-electron chi connectivity index (χ1n) is 9.82. The highest BCUT2D eigenvalue weighted by molar-refractivity contribution is 9.10. The third-order valence-electron chi connectivity index (χ3n) is 4.63. The second-order valence-electron chi connectivity index (χ2n) is 7.02. The number of methoxy groups -OCH3 is 1. The molecule has 0 bridgehead atoms. The molecule has 5 nitrogen and oxygen atoms in total. The molecule has 0 saturated carbocycles. The monoisotopic (exact) mass is 640 g/mol. The second-order valence-corrected chi connectivity index (χ2v) is 10.7. The summed E-state index contributed by atoms with van der Waals surface area (Å²) in [6, 6.07) is 16.4. The largest absolute Gasteiger partial charge is 0.493 e. The van der Waals surface area contributed by atoms with Gasteiger partial charge >= 0.3 is 0 Å². The molecule has 0 unspecified atom stereocenters. The summed E-state index contributed by atoms with van der Waals surface area (Å²) in [4.78, 5) is 17.5. The Morgan fingerprint density at radius 3 is 2.68 bits per heavy atom. The number of carbonyl (C=O) groups is 1. The summed E-state index contributed by atoms with van der Waals surface area (Å²) in [7, 11) is 1.56. The van der Waals surface area contributed by atoms with Crippen molar-refractivity contribution < 1.29 is 14.3 Å². The van der Waals surface area contributed by atoms with Crippen molar-refractivity contribution in [2.24, 2.45) is 4.99 Å². The van der Waals surface area contributed by atoms with Crippen molar-refractivity contribution >= 4 is 89.7 Å². The Balaban J connectivity index is 1.54. The number of amides is 1. The van der Waals surface area contributed by atoms with Crippen LogP contribution in [0.15, 0.2) is 73.4 Å². The van der Waals surface area contributed by atoms with Crippen LogP contribution in [0, 0.1) is 0 Å². The summed E-state index contributed by atoms with van der Waals surface area (Å²) in [6.45, 7) is 0.235. The fourth-order valence-corrected chi connectivity index (χ4v) is 5.31. The summed E-state index contributed by atoms with van der Waals surface area (Å²) in [6.07, 6.45) is 1.77. The third kappa shape index (κ3) is 6.17. The van der Waals surface area contributed by atoms with Crippen LogP contribution in [0.3, 0.4) is 0 Å². The molecule has 174 valence electrons. The van der Waals surface area contributed by atoms with Crippen LogP contribution in [0.2, 0.25) is 10.0 Å². The summed E-state index contributed by atoms with van der Waals surface area (Å²) in [5.41, 5.74) is 2.30. The van der Waals surface area contributed by atoms with Gasteiger partial charge in [0, 0.05) is 20.1 Å². The van der Waals surface area contributed by atoms with Gasteiger partial charge in [0.15, 0.2) is 16.7 Å². The van der Waals surface area contributed by atoms with Crippen molar-refractivity contribution in [2.75, 3.05) is 7.11 Å². The molecule has 3 aromatic carbocycles. The number of rotatable bonds is 6. The van der Waals surface area contributed by atoms with Gasteiger partial charge in [-0.15, -0.1) is 0 Å². The first-order valence-corrected chi connectivity index (χ1v) is 13.0. The van der Waals surface area contributed by atoms with Gasteiger partial charge < -0.3 is 14.8 Å². The lowest BCUT2D eigenvalue weighted by Gasteiger charge is -2.14. The molecule has 1 saturated heterocycles. The van der Waals surface area contributed by atoms with Crippen LogP contribution in [0.4, 0.5) is 5.69 Å². The molecular weight excluding hydrogens is 627 g/mol. The second kappa shape index (κ2) is 11.2. The highest BCUT2D eigenvalue weighted by Gasteiger charge is 2.24. The van der Waals surface area contributed by atoms with Crippen molar-refractivity contribution in [3.8, 4) is 11.5 Å². The zero-order chi connectivity index (χ0) is 24.2. The van der Waals surface area contributed by atoms with Crippen LogP contribution in [-0.2, 0) is 11.4 Å². The SMILES string of the molecule is COc1cc(/C=C2\SC(=Nc3cccc(Br)c3)NC2=O)cc(Br)c1OCc1ccc(Cl)cc1Cl. The molecule has 0 aromatic heterocycles. The van der Waals surface area contributed by atoms with Crippen LogP contribution in [0.5, 0.6) is 11.5 Å². The number of hydrogen-bond acceptors (Lipinski definition) is 5. The van der Waals surface area contributed by atoms with E-state index in [9.17, 15) is 4.79 Å². The van der Waals surface area contributed by atoms with Gasteiger partial charge in [-0.2, -0.15) is 0 Å². The van der Waals surface area contributed by atoms with E-state index < -0.39 is 0 Å². The molecule has 0 aliphatic carbocycles. The number of thioether (sulfide) groups is 1. The van der Waals surface area contributed by atoms with Crippen molar-refractivity contribution in [3.63, 3.8) is 0 Å². The molecule has 3 aromatic rings. The summed E-state index contributed by atoms with van der Waals surface area (Å²) in [5, 5.41) is 4.39. The minimum Gasteiger partial charge on any atom is -0.493 e. The van der Waals surface area contributed by atoms with Crippen LogP contribution in [0.25, 0.3) is 6.08 Å². The summed E-state index contributed by atoms with van der Waals surface area (Å²) < 4.78 is 13.1. The van der Waals surface area contributed by atoms with E-state index in [0.717, 1.165) is 21.3 Å². The normalized spacial score (nSPS) is 15.6. The Labute approximate surface area is 227 Å². The summed E-state index contributed by atoms with van der Waals surface area (Å²) in [5.74, 6) is 0.820. The van der Waals surface area contributed by atoms with Crippen LogP contribution < -0.4 is 14.8 Å². The standard InChI is InChI=1S/C24H16Br2Cl2N2O3S/c1-32-20-8-13(7-18(26)22(20)33-12-14-5-6-16(27)11-19(14)28)9-21-23(31)30-24(34-21)29-17-4-2-3-15(25)10-17/h2-11H,12H2,1H3,(H,29,30,31)/b21-9-. The zero-order valence-electron chi connectivity index (χ0n) is 17.6. The Morgan fingerprint density at radius 2 is 1.94 bits per heavy atom. The molecule has 0 radical (unpaired) electrons. The molecule has 1 fully saturated rings. The smallest absolute Gasteiger partial charge is 0.264 e. The molecule has 1 N–H and O–H groups in total. The molecule has 10 heteroatoms. The van der Waals surface area contributed by atoms with E-state index in [1.165, 1.54) is 11.8 Å². The number of aliphatic imine (C=N–C) groups is 1. The number of nitrogens with zero attached hydrogens (tertiary/aromatic N) is 1. The highest BCUT2D eigenvalue weighted by Crippen LogP contribution is 2.39. The molecule has 34 heavy (non-hydrogen) atoms. The van der Waals surface area contributed by atoms with E-state index >= 15 is 0 Å². The quantitative estimate of drug-likeness (QED) is 0.277. The average molecular weight is 643 g/mol. The third-order valence-corrected chi connectivity index (χ3v) is 7.21. The summed E-state index contributed by atoms with van der Waals surface area (Å²) >= 11 is 20.4. The lowest BCUT2D eigenvalue weighted by Crippen LogP contribution is -2.19. The predicted octanol–water partition coefficient (Wildman–Crippen LogP) is 8.00. The van der Waals surface area contributed by atoms with Crippen LogP contribution in [-0.4, -0.2) is 18.2 Å². The van der Waals surface area contributed by atoms with Crippen molar-refractivity contribution in [1.82, 2.24) is 5.32 Å². The van der Waals surface area contributed by atoms with Crippen LogP contribution >= 0.6 is 66.8 Å². The van der Waals surface area contributed by atoms with E-state index in [1.807, 2.05) is 36.4 Å². The highest BCUT2D eigenvalue weighted by atomic mass is 79.9.